The minimum absolute atomic E-state index is 0.0429. The van der Waals surface area contributed by atoms with Gasteiger partial charge in [0.1, 0.15) is 0 Å². The third-order valence-electron chi connectivity index (χ3n) is 20.0. The average molecular weight is 1240 g/mol. The molecule has 6 heterocycles. The number of nitriles is 1. The van der Waals surface area contributed by atoms with Crippen molar-refractivity contribution in [3.63, 3.8) is 0 Å². The third-order valence-corrected chi connectivity index (χ3v) is 20.0. The van der Waals surface area contributed by atoms with E-state index in [9.17, 15) is 5.26 Å². The number of aromatic nitrogens is 6. The third kappa shape index (κ3) is 7.59. The van der Waals surface area contributed by atoms with Crippen molar-refractivity contribution in [2.75, 3.05) is 0 Å². The van der Waals surface area contributed by atoms with Crippen molar-refractivity contribution >= 4 is 131 Å². The molecule has 0 bridgehead atoms. The van der Waals surface area contributed by atoms with Crippen molar-refractivity contribution in [3.05, 3.63) is 314 Å². The maximum atomic E-state index is 16.6. The Bertz CT molecular complexity index is 5870. The van der Waals surface area contributed by atoms with Crippen molar-refractivity contribution in [1.29, 1.82) is 5.26 Å². The first-order valence-corrected chi connectivity index (χ1v) is 32.1. The van der Waals surface area contributed by atoms with Crippen molar-refractivity contribution in [2.24, 2.45) is 0 Å². The summed E-state index contributed by atoms with van der Waals surface area (Å²) in [6.07, 6.45) is -4.82. The molecule has 0 spiro atoms. The number of benzene rings is 14. The van der Waals surface area contributed by atoms with E-state index >= 15 is 13.2 Å². The molecular weight excluding hydrogens is 1190 g/mol. The molecule has 0 saturated carbocycles. The van der Waals surface area contributed by atoms with Gasteiger partial charge in [-0.15, -0.1) is 0 Å². The van der Waals surface area contributed by atoms with Crippen LogP contribution in [0.2, 0.25) is 0 Å². The van der Waals surface area contributed by atoms with Crippen LogP contribution in [-0.4, -0.2) is 27.4 Å². The molecule has 0 aliphatic heterocycles. The molecule has 6 aromatic heterocycles. The minimum atomic E-state index is -4.82. The number of hydrogen-bond acceptors (Lipinski definition) is 1. The van der Waals surface area contributed by atoms with Gasteiger partial charge in [0.25, 0.3) is 0 Å². The Morgan fingerprint density at radius 2 is 0.469 bits per heavy atom. The highest BCUT2D eigenvalue weighted by atomic mass is 19.4. The van der Waals surface area contributed by atoms with Crippen LogP contribution in [0, 0.1) is 11.3 Å². The molecule has 0 radical (unpaired) electrons. The summed E-state index contributed by atoms with van der Waals surface area (Å²) in [7, 11) is 0. The maximum absolute atomic E-state index is 16.6. The summed E-state index contributed by atoms with van der Waals surface area (Å²) in [4.78, 5) is 0. The molecule has 0 atom stereocenters. The molecule has 450 valence electrons. The Kier molecular flexibility index (Phi) is 11.3. The van der Waals surface area contributed by atoms with E-state index in [0.717, 1.165) is 154 Å². The van der Waals surface area contributed by atoms with Gasteiger partial charge in [0.2, 0.25) is 0 Å². The second kappa shape index (κ2) is 20.1. The van der Waals surface area contributed by atoms with Gasteiger partial charge in [-0.05, 0) is 121 Å². The monoisotopic (exact) mass is 1240 g/mol. The van der Waals surface area contributed by atoms with Crippen molar-refractivity contribution in [1.82, 2.24) is 27.4 Å². The summed E-state index contributed by atoms with van der Waals surface area (Å²) in [5.74, 6) is 0. The molecule has 0 aliphatic rings. The fraction of sp³-hybridized carbons (Fsp3) is 0.0116. The molecule has 10 heteroatoms. The molecule has 0 fully saturated rings. The Labute approximate surface area is 545 Å². The van der Waals surface area contributed by atoms with E-state index < -0.39 is 11.7 Å². The van der Waals surface area contributed by atoms with E-state index in [1.165, 1.54) is 12.1 Å². The van der Waals surface area contributed by atoms with Crippen LogP contribution in [0.5, 0.6) is 0 Å². The zero-order valence-electron chi connectivity index (χ0n) is 51.1. The number of rotatable bonds is 7. The van der Waals surface area contributed by atoms with Gasteiger partial charge in [-0.3, -0.25) is 0 Å². The van der Waals surface area contributed by atoms with Gasteiger partial charge >= 0.3 is 6.18 Å². The number of halogens is 3. The van der Waals surface area contributed by atoms with E-state index in [0.29, 0.717) is 11.4 Å². The molecule has 0 saturated heterocycles. The summed E-state index contributed by atoms with van der Waals surface area (Å²) < 4.78 is 63.2. The largest absolute Gasteiger partial charge is 0.417 e. The molecule has 96 heavy (non-hydrogen) atoms. The molecule has 0 aliphatic carbocycles. The molecule has 0 unspecified atom stereocenters. The maximum Gasteiger partial charge on any atom is 0.417 e. The Hall–Kier alpha value is -12.8. The average Bonchev–Trinajstić information content (AvgIpc) is 1.55. The molecule has 20 rings (SSSR count). The molecule has 7 nitrogen and oxygen atoms in total. The number of alkyl halides is 3. The molecule has 20 aromatic rings. The smallest absolute Gasteiger partial charge is 0.309 e. The number of para-hydroxylation sites is 8. The van der Waals surface area contributed by atoms with Crippen LogP contribution < -0.4 is 0 Å². The predicted molar refractivity (Wildman–Crippen MR) is 388 cm³/mol. The first-order chi connectivity index (χ1) is 47.3. The standard InChI is InChI=1S/C86H50F3N7/c87-86(88,89)70-28-10-1-27-69(70)85-83(95-79-47-53(91-71-29-11-2-19-57(71)58-20-3-12-30-72(58)91)37-41-65(79)66-42-38-54(48-80(66)95)92-73-31-13-4-21-59(73)60-22-5-14-32-74(60)92)45-52(51-90)46-84(85)96-81-49-55(93-75-33-15-6-23-61(75)62-24-7-16-34-76(62)93)39-43-67(81)68-44-40-56(50-82(68)96)94-77-35-17-8-25-63(77)64-26-9-18-36-78(64)94/h1-50H. The second-order valence-corrected chi connectivity index (χ2v) is 25.0. The van der Waals surface area contributed by atoms with Crippen LogP contribution in [0.3, 0.4) is 0 Å². The fourth-order valence-corrected chi connectivity index (χ4v) is 16.1. The van der Waals surface area contributed by atoms with Crippen molar-refractivity contribution in [2.45, 2.75) is 6.18 Å². The Balaban J connectivity index is 0.964. The van der Waals surface area contributed by atoms with Gasteiger partial charge in [-0.2, -0.15) is 18.4 Å². The Morgan fingerprint density at radius 3 is 0.719 bits per heavy atom. The lowest BCUT2D eigenvalue weighted by Crippen LogP contribution is -2.11. The molecule has 0 amide bonds. The van der Waals surface area contributed by atoms with Crippen LogP contribution in [0.1, 0.15) is 11.1 Å². The highest BCUT2D eigenvalue weighted by Gasteiger charge is 2.36. The van der Waals surface area contributed by atoms with Crippen LogP contribution >= 0.6 is 0 Å². The van der Waals surface area contributed by atoms with Crippen LogP contribution in [-0.2, 0) is 6.18 Å². The van der Waals surface area contributed by atoms with E-state index in [1.807, 2.05) is 0 Å². The highest BCUT2D eigenvalue weighted by molar-refractivity contribution is 6.17. The highest BCUT2D eigenvalue weighted by Crippen LogP contribution is 2.49. The molecule has 14 aromatic carbocycles. The number of hydrogen-bond donors (Lipinski definition) is 0. The van der Waals surface area contributed by atoms with E-state index in [2.05, 4.69) is 300 Å². The summed E-state index contributed by atoms with van der Waals surface area (Å²) in [6.45, 7) is 0. The first-order valence-electron chi connectivity index (χ1n) is 32.1. The number of fused-ring (bicyclic) bond motifs is 18. The molecular formula is C86H50F3N7. The van der Waals surface area contributed by atoms with Crippen LogP contribution in [0.4, 0.5) is 13.2 Å². The van der Waals surface area contributed by atoms with Gasteiger partial charge in [-0.25, -0.2) is 0 Å². The zero-order chi connectivity index (χ0) is 63.7. The minimum Gasteiger partial charge on any atom is -0.309 e. The summed E-state index contributed by atoms with van der Waals surface area (Å²) in [5.41, 5.74) is 14.9. The van der Waals surface area contributed by atoms with Gasteiger partial charge in [0.05, 0.1) is 94.8 Å². The van der Waals surface area contributed by atoms with Crippen LogP contribution in [0.25, 0.3) is 176 Å². The lowest BCUT2D eigenvalue weighted by atomic mass is 9.94. The lowest BCUT2D eigenvalue weighted by Gasteiger charge is -2.23. The lowest BCUT2D eigenvalue weighted by molar-refractivity contribution is -0.137. The van der Waals surface area contributed by atoms with Crippen LogP contribution in [0.15, 0.2) is 303 Å². The summed E-state index contributed by atoms with van der Waals surface area (Å²) >= 11 is 0. The quantitative estimate of drug-likeness (QED) is 0.157. The van der Waals surface area contributed by atoms with E-state index in [4.69, 9.17) is 0 Å². The number of nitrogens with zero attached hydrogens (tertiary/aromatic N) is 7. The van der Waals surface area contributed by atoms with E-state index in [1.54, 1.807) is 24.3 Å². The normalized spacial score (nSPS) is 12.3. The topological polar surface area (TPSA) is 53.4 Å². The van der Waals surface area contributed by atoms with Gasteiger partial charge in [0.15, 0.2) is 0 Å². The molecule has 0 N–H and O–H groups in total. The second-order valence-electron chi connectivity index (χ2n) is 25.0. The van der Waals surface area contributed by atoms with E-state index in [-0.39, 0.29) is 16.7 Å². The predicted octanol–water partition coefficient (Wildman–Crippen LogP) is 22.8. The van der Waals surface area contributed by atoms with Gasteiger partial charge in [-0.1, -0.05) is 188 Å². The SMILES string of the molecule is N#Cc1cc(-n2c3cc(-n4c5ccccc5c5ccccc54)ccc3c3ccc(-n4c5ccccc5c5ccccc54)cc32)c(-c2ccccc2C(F)(F)F)c(-n2c3cc(-n4c5ccccc5c5ccccc54)ccc3c3ccc(-n4c5ccccc5c5ccccc54)cc32)c1. The fourth-order valence-electron chi connectivity index (χ4n) is 16.1. The summed E-state index contributed by atoms with van der Waals surface area (Å²) in [6, 6.07) is 105. The summed E-state index contributed by atoms with van der Waals surface area (Å²) in [5, 5.41) is 24.1. The van der Waals surface area contributed by atoms with Gasteiger partial charge < -0.3 is 27.4 Å². The van der Waals surface area contributed by atoms with Crippen molar-refractivity contribution in [3.8, 4) is 51.3 Å². The first kappa shape index (κ1) is 53.8. The zero-order valence-corrected chi connectivity index (χ0v) is 51.1. The van der Waals surface area contributed by atoms with Crippen molar-refractivity contribution < 1.29 is 13.2 Å². The van der Waals surface area contributed by atoms with Gasteiger partial charge in [0, 0.05) is 92.9 Å². The Morgan fingerprint density at radius 1 is 0.240 bits per heavy atom.